The molecule has 4 rings (SSSR count). The fourth-order valence-corrected chi connectivity index (χ4v) is 4.10. The van der Waals surface area contributed by atoms with Crippen LogP contribution < -0.4 is 15.8 Å². The molecule has 6 heteroatoms. The number of piperidine rings is 1. The highest BCUT2D eigenvalue weighted by Crippen LogP contribution is 2.37. The van der Waals surface area contributed by atoms with Gasteiger partial charge in [-0.05, 0) is 49.3 Å². The van der Waals surface area contributed by atoms with Crippen LogP contribution >= 0.6 is 0 Å². The van der Waals surface area contributed by atoms with Crippen LogP contribution in [-0.4, -0.2) is 34.7 Å². The lowest BCUT2D eigenvalue weighted by molar-refractivity contribution is 0.251. The van der Waals surface area contributed by atoms with Gasteiger partial charge in [0.25, 0.3) is 5.56 Å². The Morgan fingerprint density at radius 3 is 2.73 bits per heavy atom. The van der Waals surface area contributed by atoms with Crippen molar-refractivity contribution in [3.63, 3.8) is 0 Å². The lowest BCUT2D eigenvalue weighted by atomic mass is 9.75. The summed E-state index contributed by atoms with van der Waals surface area (Å²) in [6, 6.07) is 7.77. The van der Waals surface area contributed by atoms with Crippen LogP contribution in [0.15, 0.2) is 41.5 Å². The average molecular weight is 356 g/mol. The number of benzene rings is 1. The second-order valence-electron chi connectivity index (χ2n) is 7.54. The Bertz CT molecular complexity index is 813. The van der Waals surface area contributed by atoms with Gasteiger partial charge in [0.15, 0.2) is 5.82 Å². The molecule has 1 N–H and O–H groups in total. The second kappa shape index (κ2) is 7.19. The van der Waals surface area contributed by atoms with Gasteiger partial charge in [-0.25, -0.2) is 9.37 Å². The highest BCUT2D eigenvalue weighted by Gasteiger charge is 2.33. The van der Waals surface area contributed by atoms with Crippen LogP contribution in [0.4, 0.5) is 10.2 Å². The largest absolute Gasteiger partial charge is 0.350 e. The number of anilines is 1. The number of nitrogens with one attached hydrogen (secondary N) is 1. The summed E-state index contributed by atoms with van der Waals surface area (Å²) in [5.74, 6) is 0.904. The van der Waals surface area contributed by atoms with Crippen molar-refractivity contribution in [2.24, 2.45) is 7.05 Å². The topological polar surface area (TPSA) is 50.2 Å². The first-order valence-corrected chi connectivity index (χ1v) is 9.38. The molecule has 138 valence electrons. The molecular formula is C20H25FN4O. The smallest absolute Gasteiger partial charge is 0.293 e. The van der Waals surface area contributed by atoms with E-state index in [0.29, 0.717) is 23.8 Å². The molecule has 2 aliphatic rings. The monoisotopic (exact) mass is 356 g/mol. The highest BCUT2D eigenvalue weighted by atomic mass is 19.1. The third-order valence-electron chi connectivity index (χ3n) is 5.67. The molecule has 1 aromatic carbocycles. The van der Waals surface area contributed by atoms with E-state index in [1.54, 1.807) is 36.1 Å². The summed E-state index contributed by atoms with van der Waals surface area (Å²) in [6.45, 7) is 1.71. The SMILES string of the molecule is Cn1ccnc(N2CCC[C@@H](NC3CC(c4ccc(F)cc4)C3)C2)c1=O. The van der Waals surface area contributed by atoms with Crippen LogP contribution in [0.3, 0.4) is 0 Å². The average Bonchev–Trinajstić information content (AvgIpc) is 2.61. The van der Waals surface area contributed by atoms with Gasteiger partial charge < -0.3 is 14.8 Å². The molecule has 1 aliphatic carbocycles. The molecule has 0 spiro atoms. The molecule has 1 saturated heterocycles. The molecule has 2 fully saturated rings. The molecule has 0 radical (unpaired) electrons. The van der Waals surface area contributed by atoms with Crippen LogP contribution in [0.1, 0.15) is 37.2 Å². The van der Waals surface area contributed by atoms with Crippen molar-refractivity contribution >= 4 is 5.82 Å². The van der Waals surface area contributed by atoms with E-state index in [2.05, 4.69) is 15.2 Å². The van der Waals surface area contributed by atoms with Crippen molar-refractivity contribution < 1.29 is 4.39 Å². The summed E-state index contributed by atoms with van der Waals surface area (Å²) in [5.41, 5.74) is 1.19. The number of halogens is 1. The molecule has 0 amide bonds. The predicted molar refractivity (Wildman–Crippen MR) is 100 cm³/mol. The van der Waals surface area contributed by atoms with Gasteiger partial charge in [0.1, 0.15) is 5.82 Å². The summed E-state index contributed by atoms with van der Waals surface area (Å²) >= 11 is 0. The van der Waals surface area contributed by atoms with Crippen molar-refractivity contribution in [1.29, 1.82) is 0 Å². The number of aryl methyl sites for hydroxylation is 1. The summed E-state index contributed by atoms with van der Waals surface area (Å²) in [5, 5.41) is 3.75. The van der Waals surface area contributed by atoms with Gasteiger partial charge >= 0.3 is 0 Å². The molecular weight excluding hydrogens is 331 g/mol. The van der Waals surface area contributed by atoms with Crippen molar-refractivity contribution in [3.05, 3.63) is 58.4 Å². The molecule has 2 aromatic rings. The zero-order chi connectivity index (χ0) is 18.1. The Hall–Kier alpha value is -2.21. The van der Waals surface area contributed by atoms with E-state index < -0.39 is 0 Å². The normalized spacial score (nSPS) is 25.8. The fraction of sp³-hybridized carbons (Fsp3) is 0.500. The minimum atomic E-state index is -0.175. The number of rotatable bonds is 4. The van der Waals surface area contributed by atoms with Gasteiger partial charge in [-0.2, -0.15) is 0 Å². The van der Waals surface area contributed by atoms with Crippen LogP contribution in [0.2, 0.25) is 0 Å². The first kappa shape index (κ1) is 17.2. The first-order valence-electron chi connectivity index (χ1n) is 9.38. The summed E-state index contributed by atoms with van der Waals surface area (Å²) in [4.78, 5) is 18.7. The van der Waals surface area contributed by atoms with Gasteiger partial charge in [-0.1, -0.05) is 12.1 Å². The van der Waals surface area contributed by atoms with Crippen molar-refractivity contribution in [2.45, 2.75) is 43.7 Å². The van der Waals surface area contributed by atoms with Crippen molar-refractivity contribution in [1.82, 2.24) is 14.9 Å². The van der Waals surface area contributed by atoms with E-state index in [0.717, 1.165) is 38.8 Å². The molecule has 1 aliphatic heterocycles. The van der Waals surface area contributed by atoms with Crippen LogP contribution in [0.5, 0.6) is 0 Å². The van der Waals surface area contributed by atoms with E-state index >= 15 is 0 Å². The van der Waals surface area contributed by atoms with Gasteiger partial charge in [0.05, 0.1) is 0 Å². The maximum atomic E-state index is 13.0. The predicted octanol–water partition coefficient (Wildman–Crippen LogP) is 2.42. The van der Waals surface area contributed by atoms with E-state index in [-0.39, 0.29) is 11.4 Å². The Morgan fingerprint density at radius 1 is 1.19 bits per heavy atom. The zero-order valence-corrected chi connectivity index (χ0v) is 15.1. The Balaban J connectivity index is 1.33. The lowest BCUT2D eigenvalue weighted by Crippen LogP contribution is -2.53. The summed E-state index contributed by atoms with van der Waals surface area (Å²) < 4.78 is 14.6. The Labute approximate surface area is 152 Å². The number of aromatic nitrogens is 2. The third kappa shape index (κ3) is 3.51. The molecule has 0 bridgehead atoms. The maximum Gasteiger partial charge on any atom is 0.293 e. The van der Waals surface area contributed by atoms with Crippen LogP contribution in [-0.2, 0) is 7.05 Å². The Morgan fingerprint density at radius 2 is 1.96 bits per heavy atom. The lowest BCUT2D eigenvalue weighted by Gasteiger charge is -2.41. The van der Waals surface area contributed by atoms with Crippen molar-refractivity contribution in [3.8, 4) is 0 Å². The van der Waals surface area contributed by atoms with Gasteiger partial charge in [0.2, 0.25) is 0 Å². The molecule has 5 nitrogen and oxygen atoms in total. The standard InChI is InChI=1S/C20H25FN4O/c1-24-10-8-22-19(20(24)26)25-9-2-3-17(13-25)23-18-11-15(12-18)14-4-6-16(21)7-5-14/h4-8,10,15,17-18,23H,2-3,9,11-13H2,1H3/t15?,17-,18?/m1/s1. The van der Waals surface area contributed by atoms with Crippen molar-refractivity contribution in [2.75, 3.05) is 18.0 Å². The van der Waals surface area contributed by atoms with E-state index in [1.807, 2.05) is 12.1 Å². The highest BCUT2D eigenvalue weighted by molar-refractivity contribution is 5.36. The minimum Gasteiger partial charge on any atom is -0.350 e. The number of hydrogen-bond acceptors (Lipinski definition) is 4. The van der Waals surface area contributed by atoms with Gasteiger partial charge in [0, 0.05) is 44.6 Å². The van der Waals surface area contributed by atoms with Gasteiger partial charge in [-0.3, -0.25) is 4.79 Å². The summed E-state index contributed by atoms with van der Waals surface area (Å²) in [6.07, 6.45) is 7.75. The zero-order valence-electron chi connectivity index (χ0n) is 15.1. The second-order valence-corrected chi connectivity index (χ2v) is 7.54. The molecule has 2 heterocycles. The first-order chi connectivity index (χ1) is 12.6. The van der Waals surface area contributed by atoms with E-state index in [4.69, 9.17) is 0 Å². The molecule has 1 aromatic heterocycles. The maximum absolute atomic E-state index is 13.0. The fourth-order valence-electron chi connectivity index (χ4n) is 4.10. The summed E-state index contributed by atoms with van der Waals surface area (Å²) in [7, 11) is 1.76. The molecule has 0 unspecified atom stereocenters. The van der Waals surface area contributed by atoms with Gasteiger partial charge in [-0.15, -0.1) is 0 Å². The molecule has 1 atom stereocenters. The molecule has 26 heavy (non-hydrogen) atoms. The molecule has 1 saturated carbocycles. The van der Waals surface area contributed by atoms with E-state index in [9.17, 15) is 9.18 Å². The van der Waals surface area contributed by atoms with Crippen LogP contribution in [0.25, 0.3) is 0 Å². The van der Waals surface area contributed by atoms with Crippen LogP contribution in [0, 0.1) is 5.82 Å². The quantitative estimate of drug-likeness (QED) is 0.914. The van der Waals surface area contributed by atoms with E-state index in [1.165, 1.54) is 5.56 Å². The minimum absolute atomic E-state index is 0.0341. The third-order valence-corrected chi connectivity index (χ3v) is 5.67. The number of hydrogen-bond donors (Lipinski definition) is 1. The Kier molecular flexibility index (Phi) is 4.76. The number of nitrogens with zero attached hydrogens (tertiary/aromatic N) is 3.